The van der Waals surface area contributed by atoms with E-state index in [9.17, 15) is 8.42 Å². The van der Waals surface area contributed by atoms with E-state index in [1.807, 2.05) is 0 Å². The van der Waals surface area contributed by atoms with Gasteiger partial charge < -0.3 is 5.73 Å². The molecular weight excluding hydrogens is 246 g/mol. The minimum Gasteiger partial charge on any atom is -0.324 e. The molecule has 0 aromatic heterocycles. The van der Waals surface area contributed by atoms with Gasteiger partial charge in [0.1, 0.15) is 0 Å². The van der Waals surface area contributed by atoms with Crippen LogP contribution in [0.3, 0.4) is 0 Å². The smallest absolute Gasteiger partial charge is 0.150 e. The van der Waals surface area contributed by atoms with Crippen molar-refractivity contribution in [3.05, 3.63) is 35.4 Å². The number of hydrogen-bond donors (Lipinski definition) is 1. The van der Waals surface area contributed by atoms with Gasteiger partial charge in [-0.1, -0.05) is 24.3 Å². The lowest BCUT2D eigenvalue weighted by atomic mass is 9.92. The summed E-state index contributed by atoms with van der Waals surface area (Å²) in [4.78, 5) is 0. The van der Waals surface area contributed by atoms with Gasteiger partial charge in [-0.05, 0) is 42.2 Å². The van der Waals surface area contributed by atoms with E-state index in [1.54, 1.807) is 0 Å². The molecule has 0 spiro atoms. The van der Waals surface area contributed by atoms with E-state index in [-0.39, 0.29) is 17.7 Å². The molecule has 2 N–H and O–H groups in total. The van der Waals surface area contributed by atoms with Crippen molar-refractivity contribution in [3.8, 4) is 0 Å². The molecule has 2 unspecified atom stereocenters. The van der Waals surface area contributed by atoms with E-state index in [4.69, 9.17) is 5.73 Å². The van der Waals surface area contributed by atoms with Gasteiger partial charge in [0.2, 0.25) is 0 Å². The van der Waals surface area contributed by atoms with Crippen molar-refractivity contribution < 1.29 is 8.42 Å². The van der Waals surface area contributed by atoms with Crippen LogP contribution in [0.5, 0.6) is 0 Å². The van der Waals surface area contributed by atoms with Gasteiger partial charge in [-0.2, -0.15) is 0 Å². The molecule has 0 radical (unpaired) electrons. The SMILES string of the molecule is NC(c1ccc(C2CC2)cc1)C1CCS(=O)(=O)C1. The van der Waals surface area contributed by atoms with Gasteiger partial charge in [0.05, 0.1) is 11.5 Å². The molecule has 4 heteroatoms. The highest BCUT2D eigenvalue weighted by atomic mass is 32.2. The standard InChI is InChI=1S/C14H19NO2S/c15-14(13-7-8-18(16,17)9-13)12-5-3-11(4-6-12)10-1-2-10/h3-6,10,13-14H,1-2,7-9,15H2. The fourth-order valence-corrected chi connectivity index (χ4v) is 4.64. The summed E-state index contributed by atoms with van der Waals surface area (Å²) in [6, 6.07) is 8.30. The first kappa shape index (κ1) is 12.2. The van der Waals surface area contributed by atoms with Crippen LogP contribution < -0.4 is 5.73 Å². The van der Waals surface area contributed by atoms with Crippen LogP contribution in [0.2, 0.25) is 0 Å². The summed E-state index contributed by atoms with van der Waals surface area (Å²) in [5.74, 6) is 1.38. The molecule has 2 fully saturated rings. The molecular formula is C14H19NO2S. The van der Waals surface area contributed by atoms with Crippen molar-refractivity contribution in [2.45, 2.75) is 31.2 Å². The van der Waals surface area contributed by atoms with E-state index in [1.165, 1.54) is 18.4 Å². The van der Waals surface area contributed by atoms with Gasteiger partial charge in [0.15, 0.2) is 9.84 Å². The molecule has 0 amide bonds. The first-order valence-corrected chi connectivity index (χ1v) is 8.43. The molecule has 1 heterocycles. The second kappa shape index (κ2) is 4.35. The third-order valence-corrected chi connectivity index (χ3v) is 5.94. The number of benzene rings is 1. The van der Waals surface area contributed by atoms with Crippen molar-refractivity contribution >= 4 is 9.84 Å². The van der Waals surface area contributed by atoms with Crippen LogP contribution in [0.15, 0.2) is 24.3 Å². The third-order valence-electron chi connectivity index (χ3n) is 4.15. The summed E-state index contributed by atoms with van der Waals surface area (Å²) < 4.78 is 22.9. The Morgan fingerprint density at radius 2 is 1.78 bits per heavy atom. The fraction of sp³-hybridized carbons (Fsp3) is 0.571. The first-order valence-electron chi connectivity index (χ1n) is 6.61. The second-order valence-electron chi connectivity index (χ2n) is 5.63. The van der Waals surface area contributed by atoms with E-state index >= 15 is 0 Å². The van der Waals surface area contributed by atoms with E-state index in [0.717, 1.165) is 11.5 Å². The molecule has 2 atom stereocenters. The average molecular weight is 265 g/mol. The number of sulfone groups is 1. The monoisotopic (exact) mass is 265 g/mol. The first-order chi connectivity index (χ1) is 8.55. The Hall–Kier alpha value is -0.870. The lowest BCUT2D eigenvalue weighted by Crippen LogP contribution is -2.22. The summed E-state index contributed by atoms with van der Waals surface area (Å²) in [7, 11) is -2.84. The Morgan fingerprint density at radius 1 is 1.11 bits per heavy atom. The normalized spacial score (nSPS) is 28.2. The summed E-state index contributed by atoms with van der Waals surface area (Å²) in [6.07, 6.45) is 3.30. The molecule has 0 bridgehead atoms. The van der Waals surface area contributed by atoms with Crippen molar-refractivity contribution in [3.63, 3.8) is 0 Å². The maximum Gasteiger partial charge on any atom is 0.150 e. The number of hydrogen-bond acceptors (Lipinski definition) is 3. The van der Waals surface area contributed by atoms with Gasteiger partial charge in [-0.3, -0.25) is 0 Å². The lowest BCUT2D eigenvalue weighted by molar-refractivity contribution is 0.480. The van der Waals surface area contributed by atoms with E-state index in [2.05, 4.69) is 24.3 Å². The molecule has 2 aliphatic rings. The van der Waals surface area contributed by atoms with Gasteiger partial charge in [0, 0.05) is 6.04 Å². The molecule has 1 aliphatic carbocycles. The van der Waals surface area contributed by atoms with Crippen molar-refractivity contribution in [2.75, 3.05) is 11.5 Å². The predicted octanol–water partition coefficient (Wildman–Crippen LogP) is 2.00. The predicted molar refractivity (Wildman–Crippen MR) is 72.1 cm³/mol. The molecule has 18 heavy (non-hydrogen) atoms. The molecule has 3 rings (SSSR count). The van der Waals surface area contributed by atoms with Gasteiger partial charge in [0.25, 0.3) is 0 Å². The highest BCUT2D eigenvalue weighted by molar-refractivity contribution is 7.91. The topological polar surface area (TPSA) is 60.2 Å². The van der Waals surface area contributed by atoms with Crippen LogP contribution in [0.4, 0.5) is 0 Å². The molecule has 1 aliphatic heterocycles. The molecule has 3 nitrogen and oxygen atoms in total. The summed E-state index contributed by atoms with van der Waals surface area (Å²) >= 11 is 0. The summed E-state index contributed by atoms with van der Waals surface area (Å²) in [5, 5.41) is 0. The minimum atomic E-state index is -2.84. The maximum absolute atomic E-state index is 11.5. The van der Waals surface area contributed by atoms with E-state index < -0.39 is 9.84 Å². The van der Waals surface area contributed by atoms with E-state index in [0.29, 0.717) is 12.2 Å². The van der Waals surface area contributed by atoms with Gasteiger partial charge >= 0.3 is 0 Å². The third kappa shape index (κ3) is 2.45. The zero-order valence-electron chi connectivity index (χ0n) is 10.4. The van der Waals surface area contributed by atoms with Crippen LogP contribution in [-0.2, 0) is 9.84 Å². The lowest BCUT2D eigenvalue weighted by Gasteiger charge is -2.18. The Labute approximate surface area is 108 Å². The van der Waals surface area contributed by atoms with Gasteiger partial charge in [-0.15, -0.1) is 0 Å². The van der Waals surface area contributed by atoms with Crippen molar-refractivity contribution in [1.82, 2.24) is 0 Å². The summed E-state index contributed by atoms with van der Waals surface area (Å²) in [5.41, 5.74) is 8.66. The molecule has 1 aromatic carbocycles. The zero-order valence-corrected chi connectivity index (χ0v) is 11.2. The van der Waals surface area contributed by atoms with Crippen LogP contribution in [0.1, 0.15) is 42.3 Å². The Kier molecular flexibility index (Phi) is 2.94. The van der Waals surface area contributed by atoms with Crippen LogP contribution in [-0.4, -0.2) is 19.9 Å². The highest BCUT2D eigenvalue weighted by Gasteiger charge is 2.32. The van der Waals surface area contributed by atoms with Crippen LogP contribution >= 0.6 is 0 Å². The maximum atomic E-state index is 11.5. The molecule has 1 saturated heterocycles. The van der Waals surface area contributed by atoms with Crippen LogP contribution in [0, 0.1) is 5.92 Å². The van der Waals surface area contributed by atoms with Crippen molar-refractivity contribution in [2.24, 2.45) is 11.7 Å². The Bertz CT molecular complexity index is 531. The minimum absolute atomic E-state index is 0.0850. The Morgan fingerprint density at radius 3 is 2.28 bits per heavy atom. The number of rotatable bonds is 3. The zero-order chi connectivity index (χ0) is 12.8. The highest BCUT2D eigenvalue weighted by Crippen LogP contribution is 2.40. The van der Waals surface area contributed by atoms with Crippen LogP contribution in [0.25, 0.3) is 0 Å². The quantitative estimate of drug-likeness (QED) is 0.909. The van der Waals surface area contributed by atoms with Gasteiger partial charge in [-0.25, -0.2) is 8.42 Å². The van der Waals surface area contributed by atoms with Crippen molar-refractivity contribution in [1.29, 1.82) is 0 Å². The molecule has 98 valence electrons. The summed E-state index contributed by atoms with van der Waals surface area (Å²) in [6.45, 7) is 0. The Balaban J connectivity index is 1.73. The largest absolute Gasteiger partial charge is 0.324 e. The second-order valence-corrected chi connectivity index (χ2v) is 7.86. The molecule has 1 saturated carbocycles. The fourth-order valence-electron chi connectivity index (χ4n) is 2.79. The molecule has 1 aromatic rings. The number of nitrogens with two attached hydrogens (primary N) is 1. The average Bonchev–Trinajstić information content (AvgIpc) is 3.13.